The number of nitrogens with zero attached hydrogens (tertiary/aromatic N) is 3. The van der Waals surface area contributed by atoms with Gasteiger partial charge in [-0.25, -0.2) is 14.0 Å². The Morgan fingerprint density at radius 2 is 1.97 bits per heavy atom. The van der Waals surface area contributed by atoms with E-state index in [4.69, 9.17) is 5.73 Å². The second kappa shape index (κ2) is 7.63. The van der Waals surface area contributed by atoms with Gasteiger partial charge in [0.15, 0.2) is 0 Å². The van der Waals surface area contributed by atoms with Crippen molar-refractivity contribution in [2.45, 2.75) is 31.5 Å². The van der Waals surface area contributed by atoms with E-state index in [0.29, 0.717) is 23.0 Å². The third-order valence-electron chi connectivity index (χ3n) is 6.10. The first-order chi connectivity index (χ1) is 15.4. The molecule has 4 amide bonds. The van der Waals surface area contributed by atoms with Crippen LogP contribution in [0.4, 0.5) is 19.7 Å². The molecule has 0 spiro atoms. The fraction of sp³-hybridized carbons (Fsp3) is 0.273. The molecule has 3 atom stereocenters. The monoisotopic (exact) mass is 436 g/mol. The molecule has 2 unspecified atom stereocenters. The first-order valence-corrected chi connectivity index (χ1v) is 10.3. The lowest BCUT2D eigenvalue weighted by atomic mass is 10.1. The average molecular weight is 436 g/mol. The van der Waals surface area contributed by atoms with Gasteiger partial charge in [0.1, 0.15) is 11.9 Å². The number of likely N-dealkylation sites (tertiary alicyclic amines) is 1. The topological polar surface area (TPSA) is 122 Å². The number of halogens is 1. The number of urea groups is 1. The molecular formula is C22H21FN6O3. The summed E-state index contributed by atoms with van der Waals surface area (Å²) in [6.45, 7) is -0.0566. The highest BCUT2D eigenvalue weighted by Gasteiger charge is 2.56. The summed E-state index contributed by atoms with van der Waals surface area (Å²) in [5, 5.41) is 6.19. The number of anilines is 1. The molecule has 1 saturated heterocycles. The van der Waals surface area contributed by atoms with Gasteiger partial charge in [-0.05, 0) is 37.0 Å². The van der Waals surface area contributed by atoms with Gasteiger partial charge in [0.25, 0.3) is 0 Å². The Labute approximate surface area is 182 Å². The third kappa shape index (κ3) is 3.43. The zero-order chi connectivity index (χ0) is 22.4. The van der Waals surface area contributed by atoms with E-state index >= 15 is 0 Å². The van der Waals surface area contributed by atoms with Gasteiger partial charge in [0.05, 0.1) is 23.4 Å². The number of hydrogen-bond donors (Lipinski definition) is 3. The quantitative estimate of drug-likeness (QED) is 0.581. The molecule has 2 aromatic heterocycles. The van der Waals surface area contributed by atoms with Crippen LogP contribution in [0.15, 0.2) is 48.8 Å². The van der Waals surface area contributed by atoms with Crippen molar-refractivity contribution in [3.8, 4) is 0 Å². The number of pyridine rings is 1. The van der Waals surface area contributed by atoms with Gasteiger partial charge in [0.2, 0.25) is 5.91 Å². The summed E-state index contributed by atoms with van der Waals surface area (Å²) < 4.78 is 15.1. The number of para-hydroxylation sites is 1. The maximum absolute atomic E-state index is 13.8. The first kappa shape index (κ1) is 20.0. The van der Waals surface area contributed by atoms with Crippen LogP contribution in [-0.2, 0) is 11.3 Å². The van der Waals surface area contributed by atoms with Crippen molar-refractivity contribution >= 4 is 34.6 Å². The lowest BCUT2D eigenvalue weighted by molar-refractivity contribution is -0.125. The molecule has 0 bridgehead atoms. The molecule has 1 aliphatic heterocycles. The van der Waals surface area contributed by atoms with Crippen molar-refractivity contribution in [3.05, 3.63) is 60.3 Å². The molecule has 0 radical (unpaired) electrons. The summed E-state index contributed by atoms with van der Waals surface area (Å²) in [4.78, 5) is 43.2. The van der Waals surface area contributed by atoms with Crippen LogP contribution in [0, 0.1) is 11.7 Å². The zero-order valence-electron chi connectivity index (χ0n) is 17.0. The van der Waals surface area contributed by atoms with E-state index in [1.165, 1.54) is 29.1 Å². The highest BCUT2D eigenvalue weighted by Crippen LogP contribution is 2.48. The minimum atomic E-state index is -0.663. The fourth-order valence-corrected chi connectivity index (χ4v) is 4.46. The number of benzene rings is 1. The van der Waals surface area contributed by atoms with E-state index in [1.54, 1.807) is 29.2 Å². The summed E-state index contributed by atoms with van der Waals surface area (Å²) in [5.74, 6) is -0.575. The van der Waals surface area contributed by atoms with Crippen LogP contribution in [0.3, 0.4) is 0 Å². The maximum atomic E-state index is 13.8. The summed E-state index contributed by atoms with van der Waals surface area (Å²) in [5.41, 5.74) is 6.59. The molecule has 10 heteroatoms. The highest BCUT2D eigenvalue weighted by atomic mass is 19.1. The smallest absolute Gasteiger partial charge is 0.323 e. The van der Waals surface area contributed by atoms with Crippen LogP contribution in [0.25, 0.3) is 10.9 Å². The minimum absolute atomic E-state index is 0.0122. The fourth-order valence-electron chi connectivity index (χ4n) is 4.46. The van der Waals surface area contributed by atoms with Gasteiger partial charge < -0.3 is 21.3 Å². The molecule has 164 valence electrons. The van der Waals surface area contributed by atoms with Crippen molar-refractivity contribution < 1.29 is 18.8 Å². The average Bonchev–Trinajstić information content (AvgIpc) is 3.28. The number of fused-ring (bicyclic) bond motifs is 2. The van der Waals surface area contributed by atoms with Gasteiger partial charge in [-0.3, -0.25) is 14.3 Å². The Morgan fingerprint density at radius 3 is 2.75 bits per heavy atom. The van der Waals surface area contributed by atoms with Gasteiger partial charge in [-0.15, -0.1) is 0 Å². The van der Waals surface area contributed by atoms with E-state index in [2.05, 4.69) is 15.6 Å². The number of amides is 4. The van der Waals surface area contributed by atoms with Crippen LogP contribution in [0.5, 0.6) is 0 Å². The van der Waals surface area contributed by atoms with E-state index in [-0.39, 0.29) is 30.1 Å². The van der Waals surface area contributed by atoms with E-state index < -0.39 is 23.9 Å². The molecule has 4 N–H and O–H groups in total. The lowest BCUT2D eigenvalue weighted by Crippen LogP contribution is -2.49. The van der Waals surface area contributed by atoms with Crippen LogP contribution >= 0.6 is 0 Å². The van der Waals surface area contributed by atoms with Crippen LogP contribution < -0.4 is 16.4 Å². The molecule has 2 fully saturated rings. The van der Waals surface area contributed by atoms with Crippen molar-refractivity contribution in [1.29, 1.82) is 0 Å². The molecular weight excluding hydrogens is 415 g/mol. The first-order valence-electron chi connectivity index (χ1n) is 10.3. The third-order valence-corrected chi connectivity index (χ3v) is 6.10. The van der Waals surface area contributed by atoms with E-state index in [9.17, 15) is 18.8 Å². The van der Waals surface area contributed by atoms with Crippen molar-refractivity contribution in [2.24, 2.45) is 11.7 Å². The predicted molar refractivity (Wildman–Crippen MR) is 114 cm³/mol. The molecule has 3 heterocycles. The molecule has 5 rings (SSSR count). The number of piperidine rings is 1. The molecule has 32 heavy (non-hydrogen) atoms. The summed E-state index contributed by atoms with van der Waals surface area (Å²) in [7, 11) is 0. The SMILES string of the molecule is NC(=O)n1cc(NC(=O)N2C3CC3C[C@H]2C(=O)NCc2ncccc2F)c2ccccc21. The highest BCUT2D eigenvalue weighted by molar-refractivity contribution is 6.05. The number of nitrogens with two attached hydrogens (primary N) is 1. The Morgan fingerprint density at radius 1 is 1.16 bits per heavy atom. The Bertz CT molecular complexity index is 1240. The number of carbonyl (C=O) groups is 3. The molecule has 1 aromatic carbocycles. The van der Waals surface area contributed by atoms with Gasteiger partial charge >= 0.3 is 12.1 Å². The maximum Gasteiger partial charge on any atom is 0.323 e. The van der Waals surface area contributed by atoms with E-state index in [0.717, 1.165) is 6.42 Å². The van der Waals surface area contributed by atoms with Crippen molar-refractivity contribution in [2.75, 3.05) is 5.32 Å². The Kier molecular flexibility index (Phi) is 4.76. The Balaban J connectivity index is 1.33. The molecule has 1 aliphatic carbocycles. The van der Waals surface area contributed by atoms with Crippen LogP contribution in [-0.4, -0.2) is 44.5 Å². The van der Waals surface area contributed by atoms with Gasteiger partial charge in [-0.2, -0.15) is 0 Å². The summed E-state index contributed by atoms with van der Waals surface area (Å²) in [6.07, 6.45) is 4.33. The van der Waals surface area contributed by atoms with Crippen molar-refractivity contribution in [1.82, 2.24) is 19.8 Å². The molecule has 2 aliphatic rings. The molecule has 3 aromatic rings. The summed E-state index contributed by atoms with van der Waals surface area (Å²) in [6, 6.07) is 8.08. The van der Waals surface area contributed by atoms with Crippen LogP contribution in [0.1, 0.15) is 18.5 Å². The lowest BCUT2D eigenvalue weighted by Gasteiger charge is -2.27. The molecule has 9 nitrogen and oxygen atoms in total. The molecule has 1 saturated carbocycles. The second-order valence-corrected chi connectivity index (χ2v) is 8.07. The number of nitrogens with one attached hydrogen (secondary N) is 2. The predicted octanol–water partition coefficient (Wildman–Crippen LogP) is 2.41. The van der Waals surface area contributed by atoms with E-state index in [1.807, 2.05) is 0 Å². The van der Waals surface area contributed by atoms with Crippen LogP contribution in [0.2, 0.25) is 0 Å². The van der Waals surface area contributed by atoms with Gasteiger partial charge in [-0.1, -0.05) is 18.2 Å². The Hall–Kier alpha value is -3.95. The second-order valence-electron chi connectivity index (χ2n) is 8.07. The number of hydrogen-bond acceptors (Lipinski definition) is 4. The standard InChI is InChI=1S/C22H21FN6O3/c23-14-5-3-7-25-15(14)10-26-20(30)19-9-12-8-18(12)29(19)22(32)27-16-11-28(21(24)31)17-6-2-1-4-13(16)17/h1-7,11-12,18-19H,8-10H2,(H2,24,31)(H,26,30)(H,27,32)/t12?,18?,19-/m0/s1. The van der Waals surface area contributed by atoms with Gasteiger partial charge in [0, 0.05) is 23.8 Å². The number of rotatable bonds is 4. The summed E-state index contributed by atoms with van der Waals surface area (Å²) >= 11 is 0. The normalized spacial score (nSPS) is 21.3. The van der Waals surface area contributed by atoms with Crippen molar-refractivity contribution in [3.63, 3.8) is 0 Å². The minimum Gasteiger partial charge on any atom is -0.351 e. The number of aromatic nitrogens is 2. The number of primary amides is 1. The zero-order valence-corrected chi connectivity index (χ0v) is 17.0. The largest absolute Gasteiger partial charge is 0.351 e. The number of carbonyl (C=O) groups excluding carboxylic acids is 3.